The van der Waals surface area contributed by atoms with Gasteiger partial charge in [0.1, 0.15) is 0 Å². The van der Waals surface area contributed by atoms with Gasteiger partial charge in [-0.15, -0.1) is 0 Å². The molecule has 148 valence electrons. The SMILES string of the molecule is CCCCCCCc1cccc([Te]c2cccc(CCCCCCC)c2)c1. The van der Waals surface area contributed by atoms with E-state index in [1.165, 1.54) is 77.0 Å². The number of hydrogen-bond donors (Lipinski definition) is 0. The Morgan fingerprint density at radius 1 is 0.556 bits per heavy atom. The zero-order valence-corrected chi connectivity index (χ0v) is 19.8. The Hall–Kier alpha value is -0.770. The zero-order chi connectivity index (χ0) is 19.2. The molecule has 0 nitrogen and oxygen atoms in total. The number of benzene rings is 2. The molecular weight excluding hydrogens is 440 g/mol. The van der Waals surface area contributed by atoms with E-state index in [0.29, 0.717) is 0 Å². The summed E-state index contributed by atoms with van der Waals surface area (Å²) in [7, 11) is 0. The fraction of sp³-hybridized carbons (Fsp3) is 0.538. The van der Waals surface area contributed by atoms with Crippen molar-refractivity contribution in [1.82, 2.24) is 0 Å². The predicted octanol–water partition coefficient (Wildman–Crippen LogP) is 6.37. The van der Waals surface area contributed by atoms with Gasteiger partial charge in [0.05, 0.1) is 0 Å². The number of unbranched alkanes of at least 4 members (excludes halogenated alkanes) is 8. The molecule has 0 N–H and O–H groups in total. The third-order valence-electron chi connectivity index (χ3n) is 5.17. The normalized spacial score (nSPS) is 11.0. The van der Waals surface area contributed by atoms with E-state index in [2.05, 4.69) is 62.4 Å². The van der Waals surface area contributed by atoms with Crippen LogP contribution in [0.2, 0.25) is 0 Å². The van der Waals surface area contributed by atoms with Crippen LogP contribution in [0.15, 0.2) is 48.5 Å². The van der Waals surface area contributed by atoms with Gasteiger partial charge >= 0.3 is 179 Å². The third-order valence-corrected chi connectivity index (χ3v) is 7.97. The molecule has 0 heterocycles. The van der Waals surface area contributed by atoms with E-state index in [-0.39, 0.29) is 20.9 Å². The van der Waals surface area contributed by atoms with Crippen LogP contribution in [0.25, 0.3) is 0 Å². The van der Waals surface area contributed by atoms with Crippen LogP contribution in [-0.4, -0.2) is 20.9 Å². The molecule has 0 aliphatic heterocycles. The standard InChI is InChI=1S/C26H38Te/c1-3-5-7-9-11-15-23-17-13-19-25(21-23)27-26-20-14-18-24(22-26)16-12-10-8-6-4-2/h13-14,17-22H,3-12,15-16H2,1-2H3. The summed E-state index contributed by atoms with van der Waals surface area (Å²) in [6.45, 7) is 4.57. The molecule has 0 amide bonds. The second-order valence-corrected chi connectivity index (χ2v) is 11.0. The topological polar surface area (TPSA) is 0 Å². The predicted molar refractivity (Wildman–Crippen MR) is 123 cm³/mol. The summed E-state index contributed by atoms with van der Waals surface area (Å²) in [5.41, 5.74) is 3.09. The molecule has 27 heavy (non-hydrogen) atoms. The summed E-state index contributed by atoms with van der Waals surface area (Å²) in [5, 5.41) is 0. The Morgan fingerprint density at radius 2 is 1.00 bits per heavy atom. The van der Waals surface area contributed by atoms with E-state index >= 15 is 0 Å². The summed E-state index contributed by atoms with van der Waals surface area (Å²) in [6, 6.07) is 18.9. The fourth-order valence-corrected chi connectivity index (χ4v) is 6.34. The molecule has 0 aromatic heterocycles. The van der Waals surface area contributed by atoms with Crippen molar-refractivity contribution in [3.8, 4) is 0 Å². The summed E-state index contributed by atoms with van der Waals surface area (Å²) in [5.74, 6) is 0. The van der Waals surface area contributed by atoms with Crippen LogP contribution in [0.5, 0.6) is 0 Å². The van der Waals surface area contributed by atoms with E-state index in [4.69, 9.17) is 0 Å². The molecule has 0 fully saturated rings. The van der Waals surface area contributed by atoms with Crippen LogP contribution in [0.4, 0.5) is 0 Å². The maximum atomic E-state index is 2.49. The summed E-state index contributed by atoms with van der Waals surface area (Å²) >= 11 is -0.260. The monoisotopic (exact) mass is 480 g/mol. The first-order valence-electron chi connectivity index (χ1n) is 11.2. The van der Waals surface area contributed by atoms with Crippen molar-refractivity contribution in [2.45, 2.75) is 90.9 Å². The van der Waals surface area contributed by atoms with Crippen molar-refractivity contribution in [2.24, 2.45) is 0 Å². The first kappa shape index (κ1) is 22.5. The molecule has 0 spiro atoms. The van der Waals surface area contributed by atoms with E-state index < -0.39 is 0 Å². The van der Waals surface area contributed by atoms with Gasteiger partial charge in [-0.1, -0.05) is 0 Å². The average molecular weight is 478 g/mol. The molecule has 2 aromatic carbocycles. The molecule has 2 rings (SSSR count). The van der Waals surface area contributed by atoms with E-state index in [9.17, 15) is 0 Å². The Balaban J connectivity index is 1.82. The first-order valence-corrected chi connectivity index (χ1v) is 13.5. The van der Waals surface area contributed by atoms with Crippen molar-refractivity contribution in [3.63, 3.8) is 0 Å². The Kier molecular flexibility index (Phi) is 11.9. The van der Waals surface area contributed by atoms with Crippen LogP contribution < -0.4 is 7.22 Å². The van der Waals surface area contributed by atoms with E-state index in [1.807, 2.05) is 0 Å². The van der Waals surface area contributed by atoms with E-state index in [0.717, 1.165) is 0 Å². The van der Waals surface area contributed by atoms with Crippen LogP contribution in [0.1, 0.15) is 89.2 Å². The summed E-state index contributed by atoms with van der Waals surface area (Å²) in [6.07, 6.45) is 16.2. The van der Waals surface area contributed by atoms with Crippen molar-refractivity contribution >= 4 is 28.1 Å². The first-order chi connectivity index (χ1) is 13.3. The van der Waals surface area contributed by atoms with Gasteiger partial charge in [-0.05, 0) is 0 Å². The molecule has 1 heteroatoms. The van der Waals surface area contributed by atoms with Gasteiger partial charge in [0, 0.05) is 0 Å². The maximum absolute atomic E-state index is 2.49. The Bertz CT molecular complexity index is 576. The van der Waals surface area contributed by atoms with Gasteiger partial charge in [-0.25, -0.2) is 0 Å². The second kappa shape index (κ2) is 14.3. The number of rotatable bonds is 14. The molecule has 0 saturated heterocycles. The molecular formula is C26H38Te. The fourth-order valence-electron chi connectivity index (χ4n) is 3.53. The number of hydrogen-bond acceptors (Lipinski definition) is 0. The molecule has 0 radical (unpaired) electrons. The molecule has 0 atom stereocenters. The van der Waals surface area contributed by atoms with Crippen LogP contribution >= 0.6 is 0 Å². The van der Waals surface area contributed by atoms with Gasteiger partial charge in [-0.3, -0.25) is 0 Å². The minimum absolute atomic E-state index is 0.260. The van der Waals surface area contributed by atoms with Crippen molar-refractivity contribution < 1.29 is 0 Å². The van der Waals surface area contributed by atoms with Crippen molar-refractivity contribution in [2.75, 3.05) is 0 Å². The number of aryl methyl sites for hydroxylation is 2. The van der Waals surface area contributed by atoms with Gasteiger partial charge in [-0.2, -0.15) is 0 Å². The van der Waals surface area contributed by atoms with Crippen LogP contribution in [-0.2, 0) is 12.8 Å². The van der Waals surface area contributed by atoms with Gasteiger partial charge in [0.25, 0.3) is 0 Å². The third kappa shape index (κ3) is 9.82. The second-order valence-electron chi connectivity index (χ2n) is 7.73. The quantitative estimate of drug-likeness (QED) is 0.219. The van der Waals surface area contributed by atoms with Gasteiger partial charge < -0.3 is 0 Å². The van der Waals surface area contributed by atoms with Crippen molar-refractivity contribution in [1.29, 1.82) is 0 Å². The molecule has 0 bridgehead atoms. The van der Waals surface area contributed by atoms with E-state index in [1.54, 1.807) is 18.3 Å². The molecule has 2 aromatic rings. The zero-order valence-electron chi connectivity index (χ0n) is 17.5. The molecule has 0 unspecified atom stereocenters. The molecule has 0 saturated carbocycles. The summed E-state index contributed by atoms with van der Waals surface area (Å²) < 4.78 is 3.18. The van der Waals surface area contributed by atoms with Crippen LogP contribution in [0.3, 0.4) is 0 Å². The molecule has 0 aliphatic rings. The summed E-state index contributed by atoms with van der Waals surface area (Å²) in [4.78, 5) is 0. The van der Waals surface area contributed by atoms with Gasteiger partial charge in [0.15, 0.2) is 0 Å². The van der Waals surface area contributed by atoms with Crippen molar-refractivity contribution in [3.05, 3.63) is 59.7 Å². The average Bonchev–Trinajstić information content (AvgIpc) is 2.68. The molecule has 0 aliphatic carbocycles. The van der Waals surface area contributed by atoms with Crippen LogP contribution in [0, 0.1) is 0 Å². The van der Waals surface area contributed by atoms with Gasteiger partial charge in [0.2, 0.25) is 0 Å². The Morgan fingerprint density at radius 3 is 1.44 bits per heavy atom. The minimum atomic E-state index is -0.260. The Labute approximate surface area is 178 Å².